The average Bonchev–Trinajstić information content (AvgIpc) is 3.08. The zero-order valence-corrected chi connectivity index (χ0v) is 20.1. The van der Waals surface area contributed by atoms with Crippen LogP contribution in [0.1, 0.15) is 6.23 Å². The van der Waals surface area contributed by atoms with Gasteiger partial charge >= 0.3 is 21.3 Å². The quantitative estimate of drug-likeness (QED) is 0.0851. The van der Waals surface area contributed by atoms with E-state index < -0.39 is 89.1 Å². The Labute approximate surface area is 205 Å². The zero-order chi connectivity index (χ0) is 28.7. The topological polar surface area (TPSA) is 336 Å². The molecule has 0 aromatic carbocycles. The Kier molecular flexibility index (Phi) is 12.5. The number of aliphatic hydroxyl groups excluding tert-OH is 7. The molecule has 11 N–H and O–H groups in total. The molecule has 1 aliphatic heterocycles. The van der Waals surface area contributed by atoms with E-state index in [0.29, 0.717) is 0 Å². The Balaban J connectivity index is 0.000000482. The maximum absolute atomic E-state index is 11.7. The Hall–Kier alpha value is -1.71. The molecule has 37 heavy (non-hydrogen) atoms. The minimum atomic E-state index is -5.32. The summed E-state index contributed by atoms with van der Waals surface area (Å²) in [5.41, 5.74) is -1.65. The van der Waals surface area contributed by atoms with Gasteiger partial charge in [-0.2, -0.15) is 4.31 Å². The molecule has 9 atom stereocenters. The number of carbonyl (C=O) groups is 1. The van der Waals surface area contributed by atoms with Crippen LogP contribution in [0.15, 0.2) is 21.9 Å². The molecule has 0 spiro atoms. The van der Waals surface area contributed by atoms with Crippen molar-refractivity contribution in [2.75, 3.05) is 13.2 Å². The van der Waals surface area contributed by atoms with E-state index in [9.17, 15) is 33.7 Å². The van der Waals surface area contributed by atoms with E-state index in [1.807, 2.05) is 4.98 Å². The maximum atomic E-state index is 11.7. The van der Waals surface area contributed by atoms with E-state index in [1.165, 1.54) is 0 Å². The van der Waals surface area contributed by atoms with Crippen molar-refractivity contribution >= 4 is 21.9 Å². The SMILES string of the molecule is O=C[C@H](O)[C@@H](O)[C@@H](O)[C@H](O)CO.O=c1ccn([C@@H]2O[C@H](COP(=O)(O)OP(=O)(O)O)[C@@H](O)[C@H]2O)c(=O)[nH]1. The number of aromatic nitrogens is 2. The van der Waals surface area contributed by atoms with Gasteiger partial charge in [0.25, 0.3) is 5.56 Å². The second-order valence-corrected chi connectivity index (χ2v) is 10.1. The van der Waals surface area contributed by atoms with Crippen molar-refractivity contribution in [2.24, 2.45) is 0 Å². The number of hydrogen-bond acceptors (Lipinski definition) is 15. The number of phosphoric ester groups is 1. The number of carbonyl (C=O) groups excluding carboxylic acids is 1. The molecule has 0 aliphatic carbocycles. The number of phosphoric acid groups is 2. The third kappa shape index (κ3) is 10.2. The van der Waals surface area contributed by atoms with Crippen molar-refractivity contribution in [3.63, 3.8) is 0 Å². The number of aldehydes is 1. The summed E-state index contributed by atoms with van der Waals surface area (Å²) < 4.78 is 35.6. The molecular weight excluding hydrogens is 558 g/mol. The first-order valence-corrected chi connectivity index (χ1v) is 12.8. The third-order valence-corrected chi connectivity index (χ3v) is 6.65. The molecule has 0 radical (unpaired) electrons. The van der Waals surface area contributed by atoms with Gasteiger partial charge in [-0.15, -0.1) is 0 Å². The predicted molar refractivity (Wildman–Crippen MR) is 113 cm³/mol. The first-order valence-electron chi connectivity index (χ1n) is 9.79. The number of nitrogens with one attached hydrogen (secondary N) is 1. The van der Waals surface area contributed by atoms with Crippen molar-refractivity contribution in [2.45, 2.75) is 49.0 Å². The van der Waals surface area contributed by atoms with Gasteiger partial charge in [0.15, 0.2) is 12.5 Å². The second-order valence-electron chi connectivity index (χ2n) is 7.26. The van der Waals surface area contributed by atoms with Gasteiger partial charge in [-0.05, 0) is 0 Å². The van der Waals surface area contributed by atoms with Gasteiger partial charge in [0.1, 0.15) is 42.7 Å². The number of rotatable bonds is 11. The fraction of sp³-hybridized carbons (Fsp3) is 0.667. The van der Waals surface area contributed by atoms with Gasteiger partial charge in [0.05, 0.1) is 13.2 Å². The molecule has 1 saturated heterocycles. The molecule has 1 aliphatic rings. The van der Waals surface area contributed by atoms with Crippen LogP contribution in [0.2, 0.25) is 0 Å². The van der Waals surface area contributed by atoms with Crippen molar-refractivity contribution in [1.82, 2.24) is 9.55 Å². The molecule has 214 valence electrons. The normalized spacial score (nSPS) is 26.8. The van der Waals surface area contributed by atoms with Crippen LogP contribution in [0.3, 0.4) is 0 Å². The smallest absolute Gasteiger partial charge is 0.394 e. The van der Waals surface area contributed by atoms with Gasteiger partial charge in [0, 0.05) is 12.3 Å². The molecule has 0 saturated carbocycles. The largest absolute Gasteiger partial charge is 0.481 e. The highest BCUT2D eigenvalue weighted by molar-refractivity contribution is 7.60. The second kappa shape index (κ2) is 13.9. The van der Waals surface area contributed by atoms with Crippen LogP contribution >= 0.6 is 15.6 Å². The van der Waals surface area contributed by atoms with Crippen LogP contribution in [0.25, 0.3) is 0 Å². The van der Waals surface area contributed by atoms with E-state index in [4.69, 9.17) is 44.9 Å². The summed E-state index contributed by atoms with van der Waals surface area (Å²) in [4.78, 5) is 60.6. The molecule has 1 aromatic rings. The summed E-state index contributed by atoms with van der Waals surface area (Å²) in [5.74, 6) is 0. The number of H-pyrrole nitrogens is 1. The predicted octanol–water partition coefficient (Wildman–Crippen LogP) is -6.00. The molecule has 1 aromatic heterocycles. The van der Waals surface area contributed by atoms with Gasteiger partial charge in [0.2, 0.25) is 0 Å². The summed E-state index contributed by atoms with van der Waals surface area (Å²) in [6.45, 7) is -1.66. The van der Waals surface area contributed by atoms with Crippen LogP contribution in [0, 0.1) is 0 Å². The van der Waals surface area contributed by atoms with Gasteiger partial charge in [-0.1, -0.05) is 0 Å². The Morgan fingerprint density at radius 2 is 1.68 bits per heavy atom. The molecule has 0 bridgehead atoms. The lowest BCUT2D eigenvalue weighted by atomic mass is 10.0. The Morgan fingerprint density at radius 3 is 2.16 bits per heavy atom. The summed E-state index contributed by atoms with van der Waals surface area (Å²) in [5, 5.41) is 63.3. The number of ether oxygens (including phenoxy) is 1. The molecule has 1 unspecified atom stereocenters. The molecule has 1 fully saturated rings. The van der Waals surface area contributed by atoms with Crippen LogP contribution in [0.5, 0.6) is 0 Å². The molecular formula is C15H26N2O18P2. The van der Waals surface area contributed by atoms with Crippen LogP contribution < -0.4 is 11.2 Å². The van der Waals surface area contributed by atoms with Crippen molar-refractivity contribution in [3.8, 4) is 0 Å². The van der Waals surface area contributed by atoms with E-state index in [2.05, 4.69) is 8.83 Å². The first kappa shape index (κ1) is 33.3. The number of hydrogen-bond donors (Lipinski definition) is 11. The van der Waals surface area contributed by atoms with E-state index in [1.54, 1.807) is 0 Å². The molecule has 22 heteroatoms. The monoisotopic (exact) mass is 584 g/mol. The fourth-order valence-electron chi connectivity index (χ4n) is 2.67. The van der Waals surface area contributed by atoms with Gasteiger partial charge in [-0.3, -0.25) is 18.9 Å². The maximum Gasteiger partial charge on any atom is 0.481 e. The third-order valence-electron chi connectivity index (χ3n) is 4.49. The van der Waals surface area contributed by atoms with E-state index >= 15 is 0 Å². The van der Waals surface area contributed by atoms with Crippen molar-refractivity contribution < 1.29 is 77.9 Å². The summed E-state index contributed by atoms with van der Waals surface area (Å²) in [7, 11) is -10.5. The Morgan fingerprint density at radius 1 is 1.08 bits per heavy atom. The lowest BCUT2D eigenvalue weighted by Crippen LogP contribution is -2.46. The van der Waals surface area contributed by atoms with Gasteiger partial charge in [-0.25, -0.2) is 13.9 Å². The van der Waals surface area contributed by atoms with E-state index in [-0.39, 0.29) is 6.29 Å². The highest BCUT2D eigenvalue weighted by Gasteiger charge is 2.45. The number of nitrogens with zero attached hydrogens (tertiary/aromatic N) is 1. The number of aliphatic hydroxyl groups is 7. The van der Waals surface area contributed by atoms with Crippen LogP contribution in [0.4, 0.5) is 0 Å². The summed E-state index contributed by atoms with van der Waals surface area (Å²) in [6, 6.07) is 0.962. The number of aromatic amines is 1. The average molecular weight is 584 g/mol. The standard InChI is InChI=1S/C9H14N2O12P2.C6H12O6/c12-5-1-2-11(9(15)10-5)8-7(14)6(13)4(22-8)3-21-25(19,20)23-24(16,17)18;7-1-3(9)5(11)6(12)4(10)2-8/h1-2,4,6-8,13-14H,3H2,(H,19,20)(H,10,12,15)(H2,16,17,18);1,3-6,8-12H,2H2/t4-,6-,7-,8-;3-,4+,5+,6-/m10/s1. The van der Waals surface area contributed by atoms with Crippen LogP contribution in [-0.4, -0.2) is 122 Å². The van der Waals surface area contributed by atoms with Crippen molar-refractivity contribution in [1.29, 1.82) is 0 Å². The first-order chi connectivity index (χ1) is 16.9. The van der Waals surface area contributed by atoms with Crippen LogP contribution in [-0.2, 0) is 27.5 Å². The highest BCUT2D eigenvalue weighted by atomic mass is 31.3. The lowest BCUT2D eigenvalue weighted by Gasteiger charge is -2.22. The highest BCUT2D eigenvalue weighted by Crippen LogP contribution is 2.57. The van der Waals surface area contributed by atoms with Gasteiger partial charge < -0.3 is 60.0 Å². The fourth-order valence-corrected chi connectivity index (χ4v) is 4.27. The summed E-state index contributed by atoms with van der Waals surface area (Å²) in [6.07, 6.45) is -12.1. The minimum absolute atomic E-state index is 0.0258. The minimum Gasteiger partial charge on any atom is -0.394 e. The Bertz CT molecular complexity index is 1090. The molecule has 20 nitrogen and oxygen atoms in total. The molecule has 0 amide bonds. The van der Waals surface area contributed by atoms with E-state index in [0.717, 1.165) is 16.8 Å². The summed E-state index contributed by atoms with van der Waals surface area (Å²) >= 11 is 0. The zero-order valence-electron chi connectivity index (χ0n) is 18.3. The molecule has 2 heterocycles. The van der Waals surface area contributed by atoms with Crippen molar-refractivity contribution in [3.05, 3.63) is 33.1 Å². The molecule has 2 rings (SSSR count). The lowest BCUT2D eigenvalue weighted by molar-refractivity contribution is -0.136.